The van der Waals surface area contributed by atoms with Gasteiger partial charge in [0.15, 0.2) is 5.65 Å². The molecule has 1 unspecified atom stereocenters. The van der Waals surface area contributed by atoms with Crippen molar-refractivity contribution in [3.05, 3.63) is 77.1 Å². The zero-order valence-electron chi connectivity index (χ0n) is 19.2. The van der Waals surface area contributed by atoms with Gasteiger partial charge in [0.05, 0.1) is 23.6 Å². The summed E-state index contributed by atoms with van der Waals surface area (Å²) < 4.78 is 43.9. The van der Waals surface area contributed by atoms with E-state index in [-0.39, 0.29) is 12.0 Å². The number of anilines is 1. The van der Waals surface area contributed by atoms with Gasteiger partial charge in [-0.3, -0.25) is 4.98 Å². The first-order chi connectivity index (χ1) is 16.9. The molecule has 0 radical (unpaired) electrons. The molecule has 0 amide bonds. The Kier molecular flexibility index (Phi) is 5.01. The van der Waals surface area contributed by atoms with Crippen molar-refractivity contribution < 1.29 is 13.2 Å². The number of halogens is 3. The van der Waals surface area contributed by atoms with E-state index in [2.05, 4.69) is 34.2 Å². The monoisotopic (exact) mass is 476 g/mol. The largest absolute Gasteiger partial charge is 0.367 e. The summed E-state index contributed by atoms with van der Waals surface area (Å²) in [5.74, 6) is -0.696. The Morgan fingerprint density at radius 3 is 2.71 bits per heavy atom. The number of aromatic nitrogens is 5. The third-order valence-corrected chi connectivity index (χ3v) is 6.69. The lowest BCUT2D eigenvalue weighted by molar-refractivity contribution is 0.591. The van der Waals surface area contributed by atoms with Crippen molar-refractivity contribution in [3.8, 4) is 11.3 Å². The molecule has 4 heterocycles. The van der Waals surface area contributed by atoms with Crippen LogP contribution in [0.1, 0.15) is 43.0 Å². The Morgan fingerprint density at radius 1 is 1.06 bits per heavy atom. The average Bonchev–Trinajstić information content (AvgIpc) is 3.41. The quantitative estimate of drug-likeness (QED) is 0.345. The van der Waals surface area contributed by atoms with Crippen LogP contribution >= 0.6 is 0 Å². The van der Waals surface area contributed by atoms with E-state index in [1.807, 2.05) is 6.07 Å². The van der Waals surface area contributed by atoms with Gasteiger partial charge in [0.25, 0.3) is 0 Å². The minimum Gasteiger partial charge on any atom is -0.367 e. The summed E-state index contributed by atoms with van der Waals surface area (Å²) in [4.78, 5) is 11.9. The number of hydrogen-bond acceptors (Lipinski definition) is 4. The van der Waals surface area contributed by atoms with Crippen LogP contribution in [-0.2, 0) is 12.8 Å². The van der Waals surface area contributed by atoms with Crippen molar-refractivity contribution in [1.29, 1.82) is 0 Å². The Bertz CT molecular complexity index is 1590. The lowest BCUT2D eigenvalue weighted by Gasteiger charge is -2.25. The fraction of sp³-hybridized carbons (Fsp3) is 0.269. The van der Waals surface area contributed by atoms with Crippen LogP contribution in [0.25, 0.3) is 27.8 Å². The Hall–Kier alpha value is -3.88. The second-order valence-corrected chi connectivity index (χ2v) is 9.38. The number of nitrogens with zero attached hydrogens (tertiary/aromatic N) is 4. The zero-order valence-corrected chi connectivity index (χ0v) is 19.2. The number of hydrogen-bond donors (Lipinski definition) is 2. The minimum absolute atomic E-state index is 0.00335. The van der Waals surface area contributed by atoms with Crippen LogP contribution in [0.15, 0.2) is 42.9 Å². The standard InChI is InChI=1S/C26H23F3N6/c1-13(2)20-12-31-35-24(9-23(34-26(20)35)14-5-16(28)11-30-10-14)32-17-3-4-22-18(8-17)19-6-15(27)7-21(29)25(19)33-22/h5-7,9-13,17,32-33H,3-4,8H2,1-2H3. The molecule has 0 saturated carbocycles. The van der Waals surface area contributed by atoms with Crippen LogP contribution in [-0.4, -0.2) is 30.6 Å². The highest BCUT2D eigenvalue weighted by Gasteiger charge is 2.25. The number of H-pyrrole nitrogens is 1. The van der Waals surface area contributed by atoms with Crippen LogP contribution in [0, 0.1) is 17.5 Å². The summed E-state index contributed by atoms with van der Waals surface area (Å²) in [6.45, 7) is 4.14. The summed E-state index contributed by atoms with van der Waals surface area (Å²) >= 11 is 0. The lowest BCUT2D eigenvalue weighted by Crippen LogP contribution is -2.28. The molecule has 35 heavy (non-hydrogen) atoms. The molecule has 1 aromatic carbocycles. The molecular weight excluding hydrogens is 453 g/mol. The maximum Gasteiger partial charge on any atom is 0.161 e. The van der Waals surface area contributed by atoms with E-state index in [1.165, 1.54) is 12.1 Å². The molecule has 0 spiro atoms. The molecular formula is C26H23F3N6. The van der Waals surface area contributed by atoms with E-state index in [4.69, 9.17) is 4.98 Å². The van der Waals surface area contributed by atoms with E-state index in [0.29, 0.717) is 46.5 Å². The molecule has 4 aromatic heterocycles. The van der Waals surface area contributed by atoms with E-state index < -0.39 is 17.5 Å². The van der Waals surface area contributed by atoms with Crippen LogP contribution in [0.5, 0.6) is 0 Å². The molecule has 5 aromatic rings. The summed E-state index contributed by atoms with van der Waals surface area (Å²) in [5.41, 5.74) is 5.03. The molecule has 1 aliphatic carbocycles. The van der Waals surface area contributed by atoms with Gasteiger partial charge in [0.2, 0.25) is 0 Å². The van der Waals surface area contributed by atoms with Crippen LogP contribution in [0.3, 0.4) is 0 Å². The van der Waals surface area contributed by atoms with Gasteiger partial charge >= 0.3 is 0 Å². The number of rotatable bonds is 4. The smallest absolute Gasteiger partial charge is 0.161 e. The topological polar surface area (TPSA) is 70.9 Å². The third kappa shape index (κ3) is 3.71. The minimum atomic E-state index is -0.589. The number of aromatic amines is 1. The summed E-state index contributed by atoms with van der Waals surface area (Å²) in [7, 11) is 0. The van der Waals surface area contributed by atoms with Gasteiger partial charge in [-0.25, -0.2) is 18.2 Å². The first kappa shape index (κ1) is 21.6. The summed E-state index contributed by atoms with van der Waals surface area (Å²) in [5, 5.41) is 8.71. The van der Waals surface area contributed by atoms with Crippen molar-refractivity contribution in [3.63, 3.8) is 0 Å². The molecule has 178 valence electrons. The van der Waals surface area contributed by atoms with E-state index in [1.54, 1.807) is 16.9 Å². The zero-order chi connectivity index (χ0) is 24.3. The van der Waals surface area contributed by atoms with Crippen LogP contribution in [0.2, 0.25) is 0 Å². The maximum absolute atomic E-state index is 14.3. The number of aryl methyl sites for hydroxylation is 1. The number of benzene rings is 1. The SMILES string of the molecule is CC(C)c1cnn2c(NC3CCc4[nH]c5c(F)cc(F)cc5c4C3)cc(-c3cncc(F)c3)nc12. The van der Waals surface area contributed by atoms with E-state index >= 15 is 0 Å². The molecule has 2 N–H and O–H groups in total. The van der Waals surface area contributed by atoms with E-state index in [0.717, 1.165) is 35.5 Å². The van der Waals surface area contributed by atoms with Crippen molar-refractivity contribution in [2.75, 3.05) is 5.32 Å². The lowest BCUT2D eigenvalue weighted by atomic mass is 9.91. The van der Waals surface area contributed by atoms with Crippen LogP contribution < -0.4 is 5.32 Å². The Morgan fingerprint density at radius 2 is 1.91 bits per heavy atom. The molecule has 0 aliphatic heterocycles. The summed E-state index contributed by atoms with van der Waals surface area (Å²) in [6, 6.07) is 5.54. The molecule has 6 nitrogen and oxygen atoms in total. The van der Waals surface area contributed by atoms with Gasteiger partial charge in [-0.05, 0) is 42.9 Å². The van der Waals surface area contributed by atoms with Gasteiger partial charge in [0.1, 0.15) is 23.3 Å². The fourth-order valence-corrected chi connectivity index (χ4v) is 4.96. The Balaban J connectivity index is 1.41. The van der Waals surface area contributed by atoms with Gasteiger partial charge < -0.3 is 10.3 Å². The second kappa shape index (κ2) is 8.11. The maximum atomic E-state index is 14.3. The van der Waals surface area contributed by atoms with Gasteiger partial charge in [-0.15, -0.1) is 0 Å². The van der Waals surface area contributed by atoms with Crippen LogP contribution in [0.4, 0.5) is 19.0 Å². The van der Waals surface area contributed by atoms with Crippen molar-refractivity contribution in [2.24, 2.45) is 0 Å². The molecule has 9 heteroatoms. The summed E-state index contributed by atoms with van der Waals surface area (Å²) in [6.07, 6.45) is 6.63. The molecule has 6 rings (SSSR count). The highest BCUT2D eigenvalue weighted by Crippen LogP contribution is 2.33. The van der Waals surface area contributed by atoms with E-state index in [9.17, 15) is 13.2 Å². The molecule has 0 saturated heterocycles. The van der Waals surface area contributed by atoms with Gasteiger partial charge in [-0.1, -0.05) is 13.8 Å². The predicted molar refractivity (Wildman–Crippen MR) is 128 cm³/mol. The molecule has 0 bridgehead atoms. The van der Waals surface area contributed by atoms with Crippen molar-refractivity contribution in [2.45, 2.75) is 45.1 Å². The Labute approximate surface area is 199 Å². The number of pyridine rings is 1. The first-order valence-corrected chi connectivity index (χ1v) is 11.6. The fourth-order valence-electron chi connectivity index (χ4n) is 4.96. The molecule has 1 aliphatic rings. The molecule has 0 fully saturated rings. The van der Waals surface area contributed by atoms with Crippen molar-refractivity contribution >= 4 is 22.4 Å². The first-order valence-electron chi connectivity index (χ1n) is 11.6. The average molecular weight is 477 g/mol. The molecule has 1 atom stereocenters. The highest BCUT2D eigenvalue weighted by atomic mass is 19.1. The predicted octanol–water partition coefficient (Wildman–Crippen LogP) is 5.78. The highest BCUT2D eigenvalue weighted by molar-refractivity contribution is 5.85. The second-order valence-electron chi connectivity index (χ2n) is 9.38. The normalized spacial score (nSPS) is 15.8. The number of nitrogens with one attached hydrogen (secondary N) is 2. The van der Waals surface area contributed by atoms with Gasteiger partial charge in [-0.2, -0.15) is 9.61 Å². The number of fused-ring (bicyclic) bond motifs is 4. The van der Waals surface area contributed by atoms with Crippen molar-refractivity contribution in [1.82, 2.24) is 24.6 Å². The third-order valence-electron chi connectivity index (χ3n) is 6.69. The van der Waals surface area contributed by atoms with Gasteiger partial charge in [0, 0.05) is 46.6 Å².